The van der Waals surface area contributed by atoms with Crippen molar-refractivity contribution in [2.45, 2.75) is 6.10 Å². The zero-order chi connectivity index (χ0) is 20.1. The highest BCUT2D eigenvalue weighted by atomic mass is 35.5. The largest absolute Gasteiger partial charge is 0.394 e. The van der Waals surface area contributed by atoms with Gasteiger partial charge >= 0.3 is 0 Å². The minimum Gasteiger partial charge on any atom is -0.394 e. The quantitative estimate of drug-likeness (QED) is 0.299. The van der Waals surface area contributed by atoms with E-state index in [4.69, 9.17) is 26.7 Å². The van der Waals surface area contributed by atoms with Crippen molar-refractivity contribution in [3.63, 3.8) is 0 Å². The van der Waals surface area contributed by atoms with E-state index in [-0.39, 0.29) is 11.3 Å². The molecule has 0 aliphatic carbocycles. The summed E-state index contributed by atoms with van der Waals surface area (Å²) in [7, 11) is 1.47. The van der Waals surface area contributed by atoms with Crippen LogP contribution in [0.5, 0.6) is 0 Å². The number of carbonyl (C=O) groups excluding carboxylic acids is 1. The fraction of sp³-hybridized carbons (Fsp3) is 0.200. The Labute approximate surface area is 157 Å². The Kier molecular flexibility index (Phi) is 7.02. The van der Waals surface area contributed by atoms with Gasteiger partial charge in [-0.05, 0) is 17.6 Å². The number of hydrogen-bond donors (Lipinski definition) is 4. The van der Waals surface area contributed by atoms with E-state index in [9.17, 15) is 18.0 Å². The topological polar surface area (TPSA) is 104 Å². The van der Waals surface area contributed by atoms with Gasteiger partial charge in [-0.2, -0.15) is 0 Å². The van der Waals surface area contributed by atoms with Crippen molar-refractivity contribution in [3.05, 3.63) is 46.4 Å². The number of pyridine rings is 1. The highest BCUT2D eigenvalue weighted by molar-refractivity contribution is 6.35. The molecule has 1 aromatic carbocycles. The van der Waals surface area contributed by atoms with Crippen LogP contribution in [0.3, 0.4) is 0 Å². The summed E-state index contributed by atoms with van der Waals surface area (Å²) in [6.45, 7) is -1.05. The smallest absolute Gasteiger partial charge is 0.277 e. The van der Waals surface area contributed by atoms with Crippen LogP contribution < -0.4 is 16.3 Å². The molecule has 0 saturated heterocycles. The molecule has 2 aromatic rings. The standard InChI is InChI=1S/C15H14BClF3N3O4/c16-9-1-6(18)3-21-14(9)22-13-8(2-10(17)11(19)12(13)20)15(26)23-27-5-7(25)4-24/h1-3,7,24-25H,4-5,16H2,(H,21,22)(H,23,26)/t7-/m1/s1. The molecule has 0 bridgehead atoms. The lowest BCUT2D eigenvalue weighted by Crippen LogP contribution is -2.30. The van der Waals surface area contributed by atoms with Gasteiger partial charge in [0.15, 0.2) is 11.6 Å². The van der Waals surface area contributed by atoms with Crippen molar-refractivity contribution in [2.24, 2.45) is 0 Å². The van der Waals surface area contributed by atoms with Gasteiger partial charge < -0.3 is 15.5 Å². The Morgan fingerprint density at radius 2 is 2.04 bits per heavy atom. The first-order valence-corrected chi connectivity index (χ1v) is 7.90. The van der Waals surface area contributed by atoms with Crippen LogP contribution in [0.2, 0.25) is 5.02 Å². The third kappa shape index (κ3) is 5.10. The van der Waals surface area contributed by atoms with Gasteiger partial charge in [0, 0.05) is 0 Å². The number of aliphatic hydroxyl groups is 2. The van der Waals surface area contributed by atoms with Crippen LogP contribution >= 0.6 is 11.6 Å². The van der Waals surface area contributed by atoms with E-state index in [0.29, 0.717) is 0 Å². The number of amides is 1. The Hall–Kier alpha value is -2.34. The number of halogens is 4. The van der Waals surface area contributed by atoms with E-state index >= 15 is 0 Å². The van der Waals surface area contributed by atoms with Crippen molar-refractivity contribution in [2.75, 3.05) is 18.5 Å². The summed E-state index contributed by atoms with van der Waals surface area (Å²) in [6.07, 6.45) is -0.388. The molecule has 1 amide bonds. The molecular weight excluding hydrogens is 389 g/mol. The monoisotopic (exact) mass is 403 g/mol. The first-order valence-electron chi connectivity index (χ1n) is 7.52. The number of nitrogens with zero attached hydrogens (tertiary/aromatic N) is 1. The van der Waals surface area contributed by atoms with E-state index < -0.39 is 59.0 Å². The summed E-state index contributed by atoms with van der Waals surface area (Å²) in [4.78, 5) is 20.7. The molecule has 0 fully saturated rings. The first kappa shape index (κ1) is 21.0. The molecule has 1 heterocycles. The molecule has 0 spiro atoms. The molecule has 27 heavy (non-hydrogen) atoms. The van der Waals surface area contributed by atoms with Crippen LogP contribution in [0.1, 0.15) is 10.4 Å². The predicted octanol–water partition coefficient (Wildman–Crippen LogP) is 0.169. The van der Waals surface area contributed by atoms with E-state index in [0.717, 1.165) is 18.3 Å². The molecular formula is C15H14BClF3N3O4. The number of benzene rings is 1. The number of anilines is 2. The summed E-state index contributed by atoms with van der Waals surface area (Å²) in [5, 5.41) is 19.6. The number of nitrogens with one attached hydrogen (secondary N) is 2. The Morgan fingerprint density at radius 1 is 1.33 bits per heavy atom. The highest BCUT2D eigenvalue weighted by Crippen LogP contribution is 2.30. The molecule has 2 rings (SSSR count). The number of carbonyl (C=O) groups is 1. The molecule has 144 valence electrons. The lowest BCUT2D eigenvalue weighted by Gasteiger charge is -2.16. The summed E-state index contributed by atoms with van der Waals surface area (Å²) in [5.74, 6) is -4.50. The van der Waals surface area contributed by atoms with Gasteiger partial charge in [0.25, 0.3) is 5.91 Å². The molecule has 0 saturated carbocycles. The fourth-order valence-electron chi connectivity index (χ4n) is 2.00. The number of hydroxylamine groups is 1. The maximum absolute atomic E-state index is 14.4. The van der Waals surface area contributed by atoms with Crippen LogP contribution in [0.15, 0.2) is 18.3 Å². The van der Waals surface area contributed by atoms with Gasteiger partial charge in [0.05, 0.1) is 29.1 Å². The average molecular weight is 404 g/mol. The summed E-state index contributed by atoms with van der Waals surface area (Å²) >= 11 is 5.60. The zero-order valence-electron chi connectivity index (χ0n) is 13.9. The molecule has 0 aliphatic heterocycles. The van der Waals surface area contributed by atoms with Gasteiger partial charge in [-0.15, -0.1) is 0 Å². The fourth-order valence-corrected chi connectivity index (χ4v) is 2.19. The van der Waals surface area contributed by atoms with Crippen molar-refractivity contribution in [1.82, 2.24) is 10.5 Å². The molecule has 0 unspecified atom stereocenters. The first-order chi connectivity index (χ1) is 12.7. The molecule has 1 atom stereocenters. The minimum atomic E-state index is -1.45. The number of hydrogen-bond acceptors (Lipinski definition) is 6. The average Bonchev–Trinajstić information content (AvgIpc) is 2.63. The summed E-state index contributed by atoms with van der Waals surface area (Å²) < 4.78 is 41.4. The normalized spacial score (nSPS) is 11.9. The van der Waals surface area contributed by atoms with Gasteiger partial charge in [0.1, 0.15) is 32.2 Å². The minimum absolute atomic E-state index is 0.0114. The van der Waals surface area contributed by atoms with E-state index in [1.54, 1.807) is 0 Å². The lowest BCUT2D eigenvalue weighted by atomic mass is 9.96. The SMILES string of the molecule is Bc1cc(F)cnc1Nc1c(C(=O)NOC[C@H](O)CO)cc(Cl)c(F)c1F. The van der Waals surface area contributed by atoms with E-state index in [1.165, 1.54) is 7.85 Å². The highest BCUT2D eigenvalue weighted by Gasteiger charge is 2.23. The van der Waals surface area contributed by atoms with Crippen molar-refractivity contribution < 1.29 is 33.0 Å². The number of aromatic nitrogens is 1. The predicted molar refractivity (Wildman–Crippen MR) is 93.5 cm³/mol. The van der Waals surface area contributed by atoms with Crippen molar-refractivity contribution >= 4 is 42.3 Å². The van der Waals surface area contributed by atoms with Crippen molar-refractivity contribution in [1.29, 1.82) is 0 Å². The van der Waals surface area contributed by atoms with Gasteiger partial charge in [0.2, 0.25) is 0 Å². The van der Waals surface area contributed by atoms with Crippen LogP contribution in [0.25, 0.3) is 0 Å². The third-order valence-electron chi connectivity index (χ3n) is 3.35. The van der Waals surface area contributed by atoms with Crippen molar-refractivity contribution in [3.8, 4) is 0 Å². The van der Waals surface area contributed by atoms with Gasteiger partial charge in [-0.3, -0.25) is 9.63 Å². The summed E-state index contributed by atoms with van der Waals surface area (Å²) in [5.41, 5.74) is 1.16. The van der Waals surface area contributed by atoms with E-state index in [1.807, 2.05) is 5.48 Å². The Bertz CT molecular complexity index is 860. The van der Waals surface area contributed by atoms with Crippen LogP contribution in [-0.2, 0) is 4.84 Å². The lowest BCUT2D eigenvalue weighted by molar-refractivity contribution is -0.0295. The number of rotatable bonds is 7. The second-order valence-electron chi connectivity index (χ2n) is 5.43. The molecule has 0 radical (unpaired) electrons. The second kappa shape index (κ2) is 9.04. The third-order valence-corrected chi connectivity index (χ3v) is 3.62. The molecule has 7 nitrogen and oxygen atoms in total. The Balaban J connectivity index is 2.34. The molecule has 1 aromatic heterocycles. The maximum atomic E-state index is 14.4. The van der Waals surface area contributed by atoms with Crippen LogP contribution in [0.4, 0.5) is 24.7 Å². The maximum Gasteiger partial charge on any atom is 0.277 e. The number of aliphatic hydroxyl groups excluding tert-OH is 2. The molecule has 12 heteroatoms. The van der Waals surface area contributed by atoms with Gasteiger partial charge in [-0.25, -0.2) is 23.6 Å². The Morgan fingerprint density at radius 3 is 2.67 bits per heavy atom. The second-order valence-corrected chi connectivity index (χ2v) is 5.84. The van der Waals surface area contributed by atoms with Crippen LogP contribution in [0, 0.1) is 17.5 Å². The molecule has 4 N–H and O–H groups in total. The zero-order valence-corrected chi connectivity index (χ0v) is 14.6. The van der Waals surface area contributed by atoms with Crippen LogP contribution in [-0.4, -0.2) is 48.3 Å². The van der Waals surface area contributed by atoms with E-state index in [2.05, 4.69) is 10.3 Å². The van der Waals surface area contributed by atoms with Gasteiger partial charge in [-0.1, -0.05) is 11.6 Å². The molecule has 0 aliphatic rings. The summed E-state index contributed by atoms with van der Waals surface area (Å²) in [6, 6.07) is 1.97.